The summed E-state index contributed by atoms with van der Waals surface area (Å²) in [6.07, 6.45) is 1.40. The molecule has 0 radical (unpaired) electrons. The fraction of sp³-hybridized carbons (Fsp3) is 0.231. The molecule has 1 aromatic carbocycles. The number of methoxy groups -OCH3 is 2. The molecule has 0 unspecified atom stereocenters. The maximum absolute atomic E-state index is 5.99. The monoisotopic (exact) mass is 279 g/mol. The third-order valence-electron chi connectivity index (χ3n) is 2.70. The van der Waals surface area contributed by atoms with Crippen LogP contribution in [0.3, 0.4) is 0 Å². The Morgan fingerprint density at radius 3 is 2.63 bits per heavy atom. The first-order valence-electron chi connectivity index (χ1n) is 5.59. The fourth-order valence-electron chi connectivity index (χ4n) is 1.70. The summed E-state index contributed by atoms with van der Waals surface area (Å²) in [7, 11) is 5.03. The minimum absolute atomic E-state index is 0.280. The lowest BCUT2D eigenvalue weighted by Crippen LogP contribution is -2.13. The smallest absolute Gasteiger partial charge is 0.199 e. The molecule has 0 saturated heterocycles. The van der Waals surface area contributed by atoms with Crippen molar-refractivity contribution >= 4 is 23.1 Å². The van der Waals surface area contributed by atoms with Crippen molar-refractivity contribution in [3.8, 4) is 11.5 Å². The molecule has 0 aliphatic carbocycles. The molecule has 1 aromatic heterocycles. The fourth-order valence-corrected chi connectivity index (χ4v) is 1.90. The zero-order valence-corrected chi connectivity index (χ0v) is 11.7. The molecule has 0 bridgehead atoms. The van der Waals surface area contributed by atoms with Gasteiger partial charge >= 0.3 is 0 Å². The highest BCUT2D eigenvalue weighted by Gasteiger charge is 2.15. The van der Waals surface area contributed by atoms with Gasteiger partial charge in [-0.3, -0.25) is 0 Å². The van der Waals surface area contributed by atoms with Gasteiger partial charge < -0.3 is 14.4 Å². The van der Waals surface area contributed by atoms with Crippen molar-refractivity contribution in [2.75, 3.05) is 26.2 Å². The molecule has 6 heteroatoms. The molecule has 0 aliphatic rings. The van der Waals surface area contributed by atoms with E-state index in [4.69, 9.17) is 21.1 Å². The van der Waals surface area contributed by atoms with Crippen molar-refractivity contribution in [2.45, 2.75) is 0 Å². The van der Waals surface area contributed by atoms with E-state index in [-0.39, 0.29) is 5.15 Å². The summed E-state index contributed by atoms with van der Waals surface area (Å²) in [4.78, 5) is 9.96. The van der Waals surface area contributed by atoms with Gasteiger partial charge in [-0.25, -0.2) is 9.97 Å². The van der Waals surface area contributed by atoms with Gasteiger partial charge in [-0.15, -0.1) is 0 Å². The number of halogens is 1. The predicted octanol–water partition coefficient (Wildman–Crippen LogP) is 2.92. The minimum atomic E-state index is 0.280. The van der Waals surface area contributed by atoms with E-state index in [2.05, 4.69) is 9.97 Å². The summed E-state index contributed by atoms with van der Waals surface area (Å²) in [5.41, 5.74) is 0.910. The standard InChI is InChI=1S/C13H14ClN3O2/c1-17(9-5-4-6-10(7-9)18-2)13-11(19-3)12(14)15-8-16-13/h4-8H,1-3H3. The summed E-state index contributed by atoms with van der Waals surface area (Å²) in [6.45, 7) is 0. The van der Waals surface area contributed by atoms with Crippen molar-refractivity contribution in [2.24, 2.45) is 0 Å². The summed E-state index contributed by atoms with van der Waals surface area (Å²) >= 11 is 5.99. The van der Waals surface area contributed by atoms with Gasteiger partial charge in [0.1, 0.15) is 12.1 Å². The van der Waals surface area contributed by atoms with Gasteiger partial charge in [0.05, 0.1) is 14.2 Å². The second-order valence-corrected chi connectivity index (χ2v) is 4.14. The van der Waals surface area contributed by atoms with Crippen molar-refractivity contribution in [3.05, 3.63) is 35.7 Å². The third kappa shape index (κ3) is 2.71. The highest BCUT2D eigenvalue weighted by Crippen LogP contribution is 2.35. The Morgan fingerprint density at radius 1 is 1.16 bits per heavy atom. The van der Waals surface area contributed by atoms with Gasteiger partial charge in [-0.1, -0.05) is 17.7 Å². The summed E-state index contributed by atoms with van der Waals surface area (Å²) in [5.74, 6) is 1.80. The van der Waals surface area contributed by atoms with Crippen LogP contribution in [0, 0.1) is 0 Å². The van der Waals surface area contributed by atoms with Gasteiger partial charge in [-0.2, -0.15) is 0 Å². The third-order valence-corrected chi connectivity index (χ3v) is 2.97. The lowest BCUT2D eigenvalue weighted by Gasteiger charge is -2.21. The molecule has 0 amide bonds. The molecule has 0 saturated carbocycles. The average Bonchev–Trinajstić information content (AvgIpc) is 2.46. The minimum Gasteiger partial charge on any atom is -0.497 e. The number of nitrogens with zero attached hydrogens (tertiary/aromatic N) is 3. The van der Waals surface area contributed by atoms with Crippen LogP contribution in [-0.2, 0) is 0 Å². The zero-order chi connectivity index (χ0) is 13.8. The largest absolute Gasteiger partial charge is 0.497 e. The van der Waals surface area contributed by atoms with Crippen LogP contribution in [0.1, 0.15) is 0 Å². The second kappa shape index (κ2) is 5.75. The molecule has 2 aromatic rings. The van der Waals surface area contributed by atoms with Crippen LogP contribution in [-0.4, -0.2) is 31.2 Å². The SMILES string of the molecule is COc1cccc(N(C)c2ncnc(Cl)c2OC)c1. The van der Waals surface area contributed by atoms with E-state index in [0.29, 0.717) is 11.6 Å². The van der Waals surface area contributed by atoms with Gasteiger partial charge in [0.25, 0.3) is 0 Å². The zero-order valence-electron chi connectivity index (χ0n) is 10.9. The molecule has 0 N–H and O–H groups in total. The van der Waals surface area contributed by atoms with Crippen LogP contribution in [0.5, 0.6) is 11.5 Å². The first-order valence-corrected chi connectivity index (χ1v) is 5.97. The number of hydrogen-bond donors (Lipinski definition) is 0. The quantitative estimate of drug-likeness (QED) is 0.806. The molecule has 19 heavy (non-hydrogen) atoms. The molecular weight excluding hydrogens is 266 g/mol. The molecule has 0 aliphatic heterocycles. The number of benzene rings is 1. The first kappa shape index (κ1) is 13.4. The second-order valence-electron chi connectivity index (χ2n) is 3.78. The Labute approximate surface area is 116 Å². The highest BCUT2D eigenvalue weighted by molar-refractivity contribution is 6.31. The van der Waals surface area contributed by atoms with E-state index >= 15 is 0 Å². The van der Waals surface area contributed by atoms with E-state index < -0.39 is 0 Å². The van der Waals surface area contributed by atoms with Crippen LogP contribution < -0.4 is 14.4 Å². The molecule has 0 atom stereocenters. The van der Waals surface area contributed by atoms with Crippen molar-refractivity contribution in [1.82, 2.24) is 9.97 Å². The summed E-state index contributed by atoms with van der Waals surface area (Å²) in [6, 6.07) is 7.62. The van der Waals surface area contributed by atoms with Gasteiger partial charge in [0, 0.05) is 18.8 Å². The van der Waals surface area contributed by atoms with E-state index in [0.717, 1.165) is 11.4 Å². The molecule has 0 fully saturated rings. The predicted molar refractivity (Wildman–Crippen MR) is 74.7 cm³/mol. The summed E-state index contributed by atoms with van der Waals surface area (Å²) < 4.78 is 10.4. The topological polar surface area (TPSA) is 47.5 Å². The lowest BCUT2D eigenvalue weighted by molar-refractivity contribution is 0.411. The van der Waals surface area contributed by atoms with E-state index in [1.54, 1.807) is 7.11 Å². The Morgan fingerprint density at radius 2 is 1.95 bits per heavy atom. The van der Waals surface area contributed by atoms with Crippen LogP contribution >= 0.6 is 11.6 Å². The van der Waals surface area contributed by atoms with E-state index in [9.17, 15) is 0 Å². The maximum atomic E-state index is 5.99. The van der Waals surface area contributed by atoms with Gasteiger partial charge in [0.2, 0.25) is 0 Å². The molecular formula is C13H14ClN3O2. The van der Waals surface area contributed by atoms with Crippen LogP contribution in [0.2, 0.25) is 5.15 Å². The number of ether oxygens (including phenoxy) is 2. The highest BCUT2D eigenvalue weighted by atomic mass is 35.5. The number of aromatic nitrogens is 2. The Hall–Kier alpha value is -2.01. The normalized spacial score (nSPS) is 10.1. The van der Waals surface area contributed by atoms with Gasteiger partial charge in [-0.05, 0) is 12.1 Å². The maximum Gasteiger partial charge on any atom is 0.199 e. The van der Waals surface area contributed by atoms with Crippen LogP contribution in [0.4, 0.5) is 11.5 Å². The molecule has 100 valence electrons. The molecule has 2 rings (SSSR count). The van der Waals surface area contributed by atoms with Crippen LogP contribution in [0.15, 0.2) is 30.6 Å². The number of rotatable bonds is 4. The number of hydrogen-bond acceptors (Lipinski definition) is 5. The summed E-state index contributed by atoms with van der Waals surface area (Å²) in [5, 5.41) is 0.280. The lowest BCUT2D eigenvalue weighted by atomic mass is 10.2. The van der Waals surface area contributed by atoms with Crippen molar-refractivity contribution in [1.29, 1.82) is 0 Å². The molecule has 1 heterocycles. The Kier molecular flexibility index (Phi) is 4.06. The Bertz CT molecular complexity index is 578. The van der Waals surface area contributed by atoms with E-state index in [1.807, 2.05) is 36.2 Å². The molecule has 0 spiro atoms. The number of anilines is 2. The van der Waals surface area contributed by atoms with E-state index in [1.165, 1.54) is 13.4 Å². The first-order chi connectivity index (χ1) is 9.17. The van der Waals surface area contributed by atoms with Crippen LogP contribution in [0.25, 0.3) is 0 Å². The van der Waals surface area contributed by atoms with Gasteiger partial charge in [0.15, 0.2) is 16.7 Å². The van der Waals surface area contributed by atoms with Crippen molar-refractivity contribution in [3.63, 3.8) is 0 Å². The molecule has 5 nitrogen and oxygen atoms in total. The Balaban J connectivity index is 2.43. The van der Waals surface area contributed by atoms with Crippen molar-refractivity contribution < 1.29 is 9.47 Å². The average molecular weight is 280 g/mol.